The number of aromatic nitrogens is 1. The summed E-state index contributed by atoms with van der Waals surface area (Å²) >= 11 is 1.69. The second-order valence-corrected chi connectivity index (χ2v) is 11.0. The number of ether oxygens (including phenoxy) is 2. The van der Waals surface area contributed by atoms with Crippen LogP contribution in [0.15, 0.2) is 29.2 Å². The van der Waals surface area contributed by atoms with Crippen LogP contribution in [0.4, 0.5) is 4.79 Å². The van der Waals surface area contributed by atoms with Gasteiger partial charge in [0.2, 0.25) is 5.43 Å². The van der Waals surface area contributed by atoms with E-state index in [1.54, 1.807) is 29.4 Å². The van der Waals surface area contributed by atoms with Gasteiger partial charge in [-0.1, -0.05) is 0 Å². The largest absolute Gasteiger partial charge is 0.494 e. The monoisotopic (exact) mass is 523 g/mol. The van der Waals surface area contributed by atoms with Crippen molar-refractivity contribution < 1.29 is 24.2 Å². The van der Waals surface area contributed by atoms with Gasteiger partial charge in [0.25, 0.3) is 0 Å². The maximum absolute atomic E-state index is 13.0. The summed E-state index contributed by atoms with van der Waals surface area (Å²) in [6.45, 7) is 2.32. The molecule has 1 aromatic carbocycles. The van der Waals surface area contributed by atoms with Gasteiger partial charge in [-0.25, -0.2) is 9.59 Å². The molecule has 3 heterocycles. The van der Waals surface area contributed by atoms with E-state index < -0.39 is 11.4 Å². The number of thiophene rings is 1. The minimum Gasteiger partial charge on any atom is -0.494 e. The number of nitrogens with zero attached hydrogens (tertiary/aromatic N) is 2. The van der Waals surface area contributed by atoms with Crippen molar-refractivity contribution >= 4 is 34.2 Å². The number of hydrogen-bond acceptors (Lipinski definition) is 6. The number of aromatic carboxylic acids is 1. The number of carboxylic acid groups (broad SMARTS) is 1. The molecular weight excluding hydrogens is 494 g/mol. The van der Waals surface area contributed by atoms with Crippen molar-refractivity contribution in [1.29, 1.82) is 0 Å². The maximum Gasteiger partial charge on any atom is 0.341 e. The number of methoxy groups -OCH3 is 1. The predicted octanol–water partition coefficient (Wildman–Crippen LogP) is 4.19. The lowest BCUT2D eigenvalue weighted by atomic mass is 9.93. The van der Waals surface area contributed by atoms with Gasteiger partial charge >= 0.3 is 12.0 Å². The van der Waals surface area contributed by atoms with Crippen molar-refractivity contribution in [2.24, 2.45) is 0 Å². The molecule has 1 unspecified atom stereocenters. The Morgan fingerprint density at radius 2 is 1.97 bits per heavy atom. The van der Waals surface area contributed by atoms with Gasteiger partial charge in [0.05, 0.1) is 37.3 Å². The highest BCUT2D eigenvalue weighted by Crippen LogP contribution is 2.46. The Kier molecular flexibility index (Phi) is 6.16. The Labute approximate surface area is 217 Å². The van der Waals surface area contributed by atoms with E-state index in [9.17, 15) is 19.5 Å². The summed E-state index contributed by atoms with van der Waals surface area (Å²) in [5.74, 6) is -0.647. The van der Waals surface area contributed by atoms with Crippen LogP contribution >= 0.6 is 11.3 Å². The molecule has 2 amide bonds. The zero-order valence-electron chi connectivity index (χ0n) is 20.6. The topological polar surface area (TPSA) is 110 Å². The summed E-state index contributed by atoms with van der Waals surface area (Å²) in [4.78, 5) is 41.7. The summed E-state index contributed by atoms with van der Waals surface area (Å²) < 4.78 is 13.2. The molecule has 2 fully saturated rings. The van der Waals surface area contributed by atoms with Crippen LogP contribution in [0, 0.1) is 0 Å². The molecular formula is C27H29N3O6S. The standard InChI is InChI=1S/C27H29N3O6S/c1-35-25-16(7-8-17-23(25)30(15-5-6-15)14-19(24(17)31)26(32)33)22-13-18-20(3-2-4-21(18)37-22)28-27(34)29-9-11-36-12-10-29/h7-8,13-15,20H,2-6,9-12H2,1H3,(H,28,34)(H,32,33). The number of benzene rings is 1. The molecule has 0 radical (unpaired) electrons. The normalized spacial score (nSPS) is 19.5. The number of carboxylic acids is 1. The zero-order valence-corrected chi connectivity index (χ0v) is 21.4. The van der Waals surface area contributed by atoms with Crippen LogP contribution in [-0.2, 0) is 11.2 Å². The number of rotatable bonds is 5. The first-order chi connectivity index (χ1) is 18.0. The van der Waals surface area contributed by atoms with Gasteiger partial charge in [-0.05, 0) is 55.9 Å². The highest BCUT2D eigenvalue weighted by molar-refractivity contribution is 7.15. The van der Waals surface area contributed by atoms with Crippen LogP contribution < -0.4 is 15.5 Å². The van der Waals surface area contributed by atoms with Crippen molar-refractivity contribution in [3.63, 3.8) is 0 Å². The molecule has 37 heavy (non-hydrogen) atoms. The highest BCUT2D eigenvalue weighted by atomic mass is 32.1. The van der Waals surface area contributed by atoms with E-state index in [4.69, 9.17) is 9.47 Å². The van der Waals surface area contributed by atoms with Gasteiger partial charge in [-0.15, -0.1) is 11.3 Å². The molecule has 9 nitrogen and oxygen atoms in total. The van der Waals surface area contributed by atoms with Crippen molar-refractivity contribution in [1.82, 2.24) is 14.8 Å². The highest BCUT2D eigenvalue weighted by Gasteiger charge is 2.31. The van der Waals surface area contributed by atoms with Crippen molar-refractivity contribution in [2.75, 3.05) is 33.4 Å². The predicted molar refractivity (Wildman–Crippen MR) is 140 cm³/mol. The van der Waals surface area contributed by atoms with E-state index in [0.29, 0.717) is 43.0 Å². The first kappa shape index (κ1) is 24.0. The quantitative estimate of drug-likeness (QED) is 0.519. The van der Waals surface area contributed by atoms with Crippen LogP contribution in [-0.4, -0.2) is 60.0 Å². The number of nitrogens with one attached hydrogen (secondary N) is 1. The van der Waals surface area contributed by atoms with E-state index in [1.807, 2.05) is 10.6 Å². The Morgan fingerprint density at radius 3 is 2.68 bits per heavy atom. The number of aryl methyl sites for hydroxylation is 1. The number of pyridine rings is 1. The minimum atomic E-state index is -1.22. The molecule has 194 valence electrons. The van der Waals surface area contributed by atoms with E-state index in [-0.39, 0.29) is 23.7 Å². The average molecular weight is 524 g/mol. The number of carbonyl (C=O) groups is 2. The lowest BCUT2D eigenvalue weighted by Gasteiger charge is -2.30. The molecule has 0 bridgehead atoms. The van der Waals surface area contributed by atoms with Gasteiger partial charge < -0.3 is 29.4 Å². The Morgan fingerprint density at radius 1 is 1.19 bits per heavy atom. The lowest BCUT2D eigenvalue weighted by Crippen LogP contribution is -2.47. The molecule has 3 aromatic rings. The molecule has 2 aromatic heterocycles. The van der Waals surface area contributed by atoms with Gasteiger partial charge in [0.15, 0.2) is 5.75 Å². The van der Waals surface area contributed by atoms with E-state index in [1.165, 1.54) is 11.1 Å². The summed E-state index contributed by atoms with van der Waals surface area (Å²) in [5, 5.41) is 13.2. The minimum absolute atomic E-state index is 0.0557. The van der Waals surface area contributed by atoms with Crippen LogP contribution in [0.5, 0.6) is 5.75 Å². The number of amides is 2. The first-order valence-corrected chi connectivity index (χ1v) is 13.5. The van der Waals surface area contributed by atoms with Gasteiger partial charge in [-0.3, -0.25) is 4.79 Å². The van der Waals surface area contributed by atoms with Crippen LogP contribution in [0.1, 0.15) is 58.6 Å². The molecule has 1 atom stereocenters. The van der Waals surface area contributed by atoms with Crippen LogP contribution in [0.3, 0.4) is 0 Å². The van der Waals surface area contributed by atoms with Gasteiger partial charge in [0.1, 0.15) is 5.56 Å². The smallest absolute Gasteiger partial charge is 0.341 e. The number of carbonyl (C=O) groups excluding carboxylic acids is 1. The number of urea groups is 1. The van der Waals surface area contributed by atoms with Gasteiger partial charge in [0, 0.05) is 40.6 Å². The third kappa shape index (κ3) is 4.27. The lowest BCUT2D eigenvalue weighted by molar-refractivity contribution is 0.0523. The third-order valence-electron chi connectivity index (χ3n) is 7.50. The molecule has 2 aliphatic carbocycles. The second-order valence-electron chi connectivity index (χ2n) is 9.84. The molecule has 6 rings (SSSR count). The van der Waals surface area contributed by atoms with Crippen molar-refractivity contribution in [3.8, 4) is 16.2 Å². The van der Waals surface area contributed by atoms with Crippen LogP contribution in [0.2, 0.25) is 0 Å². The first-order valence-electron chi connectivity index (χ1n) is 12.7. The fourth-order valence-corrected chi connectivity index (χ4v) is 6.74. The molecule has 1 aliphatic heterocycles. The fourth-order valence-electron chi connectivity index (χ4n) is 5.46. The Balaban J connectivity index is 1.41. The third-order valence-corrected chi connectivity index (χ3v) is 8.74. The number of hydrogen-bond donors (Lipinski definition) is 2. The summed E-state index contributed by atoms with van der Waals surface area (Å²) in [6, 6.07) is 5.75. The van der Waals surface area contributed by atoms with Gasteiger partial charge in [-0.2, -0.15) is 0 Å². The Hall–Kier alpha value is -3.37. The van der Waals surface area contributed by atoms with E-state index in [0.717, 1.165) is 48.1 Å². The maximum atomic E-state index is 13.0. The summed E-state index contributed by atoms with van der Waals surface area (Å²) in [7, 11) is 1.59. The van der Waals surface area contributed by atoms with E-state index >= 15 is 0 Å². The van der Waals surface area contributed by atoms with Crippen molar-refractivity contribution in [2.45, 2.75) is 44.2 Å². The molecule has 3 aliphatic rings. The fraction of sp³-hybridized carbons (Fsp3) is 0.444. The second kappa shape index (κ2) is 9.50. The van der Waals surface area contributed by atoms with Crippen LogP contribution in [0.25, 0.3) is 21.3 Å². The molecule has 2 N–H and O–H groups in total. The number of fused-ring (bicyclic) bond motifs is 2. The molecule has 0 spiro atoms. The summed E-state index contributed by atoms with van der Waals surface area (Å²) in [6.07, 6.45) is 6.16. The Bertz CT molecular complexity index is 1450. The van der Waals surface area contributed by atoms with Crippen molar-refractivity contribution in [3.05, 3.63) is 50.6 Å². The average Bonchev–Trinajstić information content (AvgIpc) is 3.66. The van der Waals surface area contributed by atoms with E-state index in [2.05, 4.69) is 11.4 Å². The zero-order chi connectivity index (χ0) is 25.7. The molecule has 1 saturated carbocycles. The number of morpholine rings is 1. The summed E-state index contributed by atoms with van der Waals surface area (Å²) in [5.41, 5.74) is 1.92. The SMILES string of the molecule is COc1c(-c2cc3c(s2)CCCC3NC(=O)N2CCOCC2)ccc2c(=O)c(C(=O)O)cn(C3CC3)c12. The molecule has 1 saturated heterocycles. The molecule has 10 heteroatoms.